The maximum absolute atomic E-state index is 10.9. The Kier molecular flexibility index (Phi) is 4.25. The molecule has 3 nitrogen and oxygen atoms in total. The summed E-state index contributed by atoms with van der Waals surface area (Å²) in [5.41, 5.74) is 0.857. The van der Waals surface area contributed by atoms with Gasteiger partial charge < -0.3 is 5.11 Å². The first-order chi connectivity index (χ1) is 9.10. The zero-order valence-corrected chi connectivity index (χ0v) is 12.0. The number of carbonyl (C=O) groups is 1. The molecule has 2 aromatic rings. The number of rotatable bonds is 3. The van der Waals surface area contributed by atoms with E-state index in [1.165, 1.54) is 11.8 Å². The van der Waals surface area contributed by atoms with Crippen molar-refractivity contribution in [1.29, 1.82) is 5.26 Å². The van der Waals surface area contributed by atoms with Crippen LogP contribution in [0, 0.1) is 11.3 Å². The van der Waals surface area contributed by atoms with Gasteiger partial charge in [0.05, 0.1) is 17.2 Å². The molecule has 0 spiro atoms. The van der Waals surface area contributed by atoms with E-state index in [0.29, 0.717) is 10.0 Å². The second-order valence-corrected chi connectivity index (χ2v) is 5.69. The minimum Gasteiger partial charge on any atom is -0.478 e. The van der Waals surface area contributed by atoms with E-state index in [4.69, 9.17) is 10.4 Å². The topological polar surface area (TPSA) is 61.1 Å². The third-order valence-electron chi connectivity index (χ3n) is 2.39. The number of nitriles is 1. The Morgan fingerprint density at radius 2 is 1.79 bits per heavy atom. The third kappa shape index (κ3) is 3.37. The van der Waals surface area contributed by atoms with E-state index < -0.39 is 5.97 Å². The summed E-state index contributed by atoms with van der Waals surface area (Å²) in [5, 5.41) is 17.7. The molecule has 19 heavy (non-hydrogen) atoms. The predicted octanol–water partition coefficient (Wildman–Crippen LogP) is 4.17. The van der Waals surface area contributed by atoms with Gasteiger partial charge in [-0.2, -0.15) is 5.26 Å². The highest BCUT2D eigenvalue weighted by Crippen LogP contribution is 2.31. The number of carboxylic acid groups (broad SMARTS) is 1. The van der Waals surface area contributed by atoms with Crippen LogP contribution in [0.3, 0.4) is 0 Å². The molecule has 0 aliphatic carbocycles. The average molecular weight is 334 g/mol. The van der Waals surface area contributed by atoms with Gasteiger partial charge in [-0.25, -0.2) is 4.79 Å². The highest BCUT2D eigenvalue weighted by atomic mass is 79.9. The fourth-order valence-electron chi connectivity index (χ4n) is 1.47. The first kappa shape index (κ1) is 13.7. The quantitative estimate of drug-likeness (QED) is 0.915. The molecule has 1 N–H and O–H groups in total. The van der Waals surface area contributed by atoms with Gasteiger partial charge in [0.25, 0.3) is 0 Å². The van der Waals surface area contributed by atoms with Gasteiger partial charge in [-0.1, -0.05) is 11.8 Å². The van der Waals surface area contributed by atoms with E-state index in [2.05, 4.69) is 22.0 Å². The number of benzene rings is 2. The highest BCUT2D eigenvalue weighted by Gasteiger charge is 2.09. The molecule has 0 aromatic heterocycles. The monoisotopic (exact) mass is 333 g/mol. The van der Waals surface area contributed by atoms with Crippen molar-refractivity contribution in [3.8, 4) is 6.07 Å². The van der Waals surface area contributed by atoms with E-state index in [1.54, 1.807) is 30.3 Å². The summed E-state index contributed by atoms with van der Waals surface area (Å²) in [7, 11) is 0. The van der Waals surface area contributed by atoms with Crippen LogP contribution in [0.15, 0.2) is 56.7 Å². The fourth-order valence-corrected chi connectivity index (χ4v) is 3.02. The SMILES string of the molecule is N#Cc1ccc(Sc2ccc(C(=O)O)c(Br)c2)cc1. The second-order valence-electron chi connectivity index (χ2n) is 3.69. The van der Waals surface area contributed by atoms with E-state index in [-0.39, 0.29) is 5.56 Å². The molecule has 0 radical (unpaired) electrons. The van der Waals surface area contributed by atoms with Crippen LogP contribution in [0.4, 0.5) is 0 Å². The molecule has 0 unspecified atom stereocenters. The summed E-state index contributed by atoms with van der Waals surface area (Å²) in [5.74, 6) is -0.957. The minimum atomic E-state index is -0.957. The molecule has 94 valence electrons. The summed E-state index contributed by atoms with van der Waals surface area (Å²) in [4.78, 5) is 12.8. The Balaban J connectivity index is 2.21. The molecule has 0 aliphatic rings. The van der Waals surface area contributed by atoms with Gasteiger partial charge in [-0.15, -0.1) is 0 Å². The lowest BCUT2D eigenvalue weighted by Gasteiger charge is -2.04. The number of halogens is 1. The van der Waals surface area contributed by atoms with Gasteiger partial charge in [0.2, 0.25) is 0 Å². The zero-order chi connectivity index (χ0) is 13.8. The number of aromatic carboxylic acids is 1. The van der Waals surface area contributed by atoms with Gasteiger partial charge in [0, 0.05) is 14.3 Å². The van der Waals surface area contributed by atoms with Gasteiger partial charge in [0.15, 0.2) is 0 Å². The molecule has 0 amide bonds. The third-order valence-corrected chi connectivity index (χ3v) is 4.04. The van der Waals surface area contributed by atoms with Crippen LogP contribution in [0.1, 0.15) is 15.9 Å². The van der Waals surface area contributed by atoms with Crippen LogP contribution in [-0.4, -0.2) is 11.1 Å². The standard InChI is InChI=1S/C14H8BrNO2S/c15-13-7-11(5-6-12(13)14(17)18)19-10-3-1-9(8-16)2-4-10/h1-7H,(H,17,18). The lowest BCUT2D eigenvalue weighted by Crippen LogP contribution is -1.96. The molecule has 0 atom stereocenters. The van der Waals surface area contributed by atoms with Gasteiger partial charge in [-0.3, -0.25) is 0 Å². The second kappa shape index (κ2) is 5.91. The van der Waals surface area contributed by atoms with Gasteiger partial charge >= 0.3 is 5.97 Å². The molecule has 0 saturated heterocycles. The van der Waals surface area contributed by atoms with Crippen molar-refractivity contribution in [2.45, 2.75) is 9.79 Å². The predicted molar refractivity (Wildman–Crippen MR) is 76.4 cm³/mol. The Morgan fingerprint density at radius 3 is 2.32 bits per heavy atom. The van der Waals surface area contributed by atoms with Crippen LogP contribution in [-0.2, 0) is 0 Å². The fraction of sp³-hybridized carbons (Fsp3) is 0. The van der Waals surface area contributed by atoms with E-state index >= 15 is 0 Å². The van der Waals surface area contributed by atoms with Crippen LogP contribution in [0.2, 0.25) is 0 Å². The molecular formula is C14H8BrNO2S. The summed E-state index contributed by atoms with van der Waals surface area (Å²) in [6, 6.07) is 14.4. The first-order valence-corrected chi connectivity index (χ1v) is 6.92. The normalized spacial score (nSPS) is 9.89. The Bertz CT molecular complexity index is 662. The highest BCUT2D eigenvalue weighted by molar-refractivity contribution is 9.10. The minimum absolute atomic E-state index is 0.240. The van der Waals surface area contributed by atoms with E-state index in [0.717, 1.165) is 9.79 Å². The van der Waals surface area contributed by atoms with Crippen LogP contribution in [0.5, 0.6) is 0 Å². The van der Waals surface area contributed by atoms with Crippen molar-refractivity contribution in [3.05, 3.63) is 58.1 Å². The zero-order valence-electron chi connectivity index (χ0n) is 9.63. The largest absolute Gasteiger partial charge is 0.478 e. The van der Waals surface area contributed by atoms with Crippen LogP contribution < -0.4 is 0 Å². The Morgan fingerprint density at radius 1 is 1.16 bits per heavy atom. The smallest absolute Gasteiger partial charge is 0.336 e. The summed E-state index contributed by atoms with van der Waals surface area (Å²) in [6.07, 6.45) is 0. The number of nitrogens with zero attached hydrogens (tertiary/aromatic N) is 1. The molecule has 2 rings (SSSR count). The Hall–Kier alpha value is -1.77. The Labute approximate surface area is 123 Å². The molecule has 0 aliphatic heterocycles. The molecule has 2 aromatic carbocycles. The van der Waals surface area contributed by atoms with Crippen molar-refractivity contribution in [2.75, 3.05) is 0 Å². The molecule has 0 fully saturated rings. The molecule has 0 saturated carbocycles. The van der Waals surface area contributed by atoms with Gasteiger partial charge in [0.1, 0.15) is 0 Å². The average Bonchev–Trinajstić information content (AvgIpc) is 2.39. The summed E-state index contributed by atoms with van der Waals surface area (Å²) >= 11 is 4.76. The molecule has 5 heteroatoms. The van der Waals surface area contributed by atoms with Crippen molar-refractivity contribution in [2.24, 2.45) is 0 Å². The molecular weight excluding hydrogens is 326 g/mol. The van der Waals surface area contributed by atoms with Crippen molar-refractivity contribution in [3.63, 3.8) is 0 Å². The maximum Gasteiger partial charge on any atom is 0.336 e. The van der Waals surface area contributed by atoms with E-state index in [9.17, 15) is 4.79 Å². The summed E-state index contributed by atoms with van der Waals surface area (Å²) < 4.78 is 0.554. The maximum atomic E-state index is 10.9. The first-order valence-electron chi connectivity index (χ1n) is 5.31. The lowest BCUT2D eigenvalue weighted by atomic mass is 10.2. The van der Waals surface area contributed by atoms with Crippen molar-refractivity contribution >= 4 is 33.7 Å². The van der Waals surface area contributed by atoms with Gasteiger partial charge in [-0.05, 0) is 58.4 Å². The number of carboxylic acids is 1. The van der Waals surface area contributed by atoms with E-state index in [1.807, 2.05) is 12.1 Å². The van der Waals surface area contributed by atoms with Crippen molar-refractivity contribution < 1.29 is 9.90 Å². The molecule has 0 heterocycles. The molecule has 0 bridgehead atoms. The number of hydrogen-bond donors (Lipinski definition) is 1. The number of hydrogen-bond acceptors (Lipinski definition) is 3. The summed E-state index contributed by atoms with van der Waals surface area (Å²) in [6.45, 7) is 0. The van der Waals surface area contributed by atoms with Crippen molar-refractivity contribution in [1.82, 2.24) is 0 Å². The van der Waals surface area contributed by atoms with Crippen LogP contribution >= 0.6 is 27.7 Å². The van der Waals surface area contributed by atoms with Crippen LogP contribution in [0.25, 0.3) is 0 Å². The lowest BCUT2D eigenvalue weighted by molar-refractivity contribution is 0.0696.